The number of hydrogen-bond acceptors (Lipinski definition) is 3. The molecular weight excluding hydrogens is 468 g/mol. The van der Waals surface area contributed by atoms with Gasteiger partial charge in [-0.2, -0.15) is 0 Å². The Morgan fingerprint density at radius 2 is 1.67 bits per heavy atom. The van der Waals surface area contributed by atoms with Gasteiger partial charge in [0, 0.05) is 24.9 Å². The zero-order valence-corrected chi connectivity index (χ0v) is 18.7. The lowest BCUT2D eigenvalue weighted by molar-refractivity contribution is -0.122. The van der Waals surface area contributed by atoms with Gasteiger partial charge in [-0.1, -0.05) is 41.4 Å². The molecule has 0 aromatic heterocycles. The number of hydrogen-bond donors (Lipinski definition) is 1. The Bertz CT molecular complexity index is 1260. The van der Waals surface area contributed by atoms with Gasteiger partial charge in [-0.3, -0.25) is 9.59 Å². The first-order valence-corrected chi connectivity index (χ1v) is 10.9. The van der Waals surface area contributed by atoms with Crippen LogP contribution in [0.15, 0.2) is 60.7 Å². The molecule has 0 aliphatic carbocycles. The molecule has 0 saturated carbocycles. The molecule has 1 atom stereocenters. The lowest BCUT2D eigenvalue weighted by Gasteiger charge is -2.30. The summed E-state index contributed by atoms with van der Waals surface area (Å²) >= 11 is 12.1. The average Bonchev–Trinajstić information content (AvgIpc) is 2.86. The van der Waals surface area contributed by atoms with Crippen LogP contribution in [-0.2, 0) is 24.2 Å². The van der Waals surface area contributed by atoms with Crippen LogP contribution < -0.4 is 0 Å². The number of carboxylic acids is 1. The largest absolute Gasteiger partial charge is 0.478 e. The van der Waals surface area contributed by atoms with E-state index in [4.69, 9.17) is 28.3 Å². The Morgan fingerprint density at radius 3 is 2.33 bits per heavy atom. The molecule has 0 unspecified atom stereocenters. The molecule has 4 rings (SSSR count). The van der Waals surface area contributed by atoms with Crippen molar-refractivity contribution in [2.24, 2.45) is 0 Å². The minimum atomic E-state index is -1.06. The first-order valence-electron chi connectivity index (χ1n) is 10.1. The first-order chi connectivity index (χ1) is 15.7. The van der Waals surface area contributed by atoms with E-state index in [1.165, 1.54) is 35.2 Å². The predicted octanol–water partition coefficient (Wildman–Crippen LogP) is 5.21. The van der Waals surface area contributed by atoms with Crippen molar-refractivity contribution in [2.45, 2.75) is 25.4 Å². The number of carbonyl (C=O) groups excluding carboxylic acids is 2. The molecule has 0 radical (unpaired) electrons. The Labute approximate surface area is 199 Å². The molecule has 1 amide bonds. The molecular formula is C25H18Cl2FNO4. The first kappa shape index (κ1) is 23.0. The molecule has 3 aromatic carbocycles. The minimum absolute atomic E-state index is 0.0767. The van der Waals surface area contributed by atoms with Gasteiger partial charge in [0.2, 0.25) is 0 Å². The van der Waals surface area contributed by atoms with Crippen LogP contribution in [0.2, 0.25) is 10.0 Å². The highest BCUT2D eigenvalue weighted by molar-refractivity contribution is 6.42. The SMILES string of the molecule is O=C(O)c1ccc(CN2C(=O)c3ccc(F)cc3CC(=O)[C@H]2Cc2ccc(Cl)c(Cl)c2)cc1. The van der Waals surface area contributed by atoms with Crippen molar-refractivity contribution < 1.29 is 23.9 Å². The Balaban J connectivity index is 1.73. The van der Waals surface area contributed by atoms with E-state index >= 15 is 0 Å². The molecule has 168 valence electrons. The van der Waals surface area contributed by atoms with E-state index < -0.39 is 23.7 Å². The monoisotopic (exact) mass is 485 g/mol. The third-order valence-electron chi connectivity index (χ3n) is 5.64. The third kappa shape index (κ3) is 4.92. The number of benzene rings is 3. The number of carboxylic acid groups (broad SMARTS) is 1. The van der Waals surface area contributed by atoms with Crippen LogP contribution in [0, 0.1) is 5.82 Å². The average molecular weight is 486 g/mol. The number of nitrogens with zero attached hydrogens (tertiary/aromatic N) is 1. The number of amides is 1. The molecule has 0 spiro atoms. The van der Waals surface area contributed by atoms with E-state index in [2.05, 4.69) is 0 Å². The number of halogens is 3. The summed E-state index contributed by atoms with van der Waals surface area (Å²) in [6.07, 6.45) is 0.115. The van der Waals surface area contributed by atoms with Crippen molar-refractivity contribution in [1.82, 2.24) is 4.90 Å². The molecule has 8 heteroatoms. The Hall–Kier alpha value is -3.22. The zero-order chi connectivity index (χ0) is 23.7. The van der Waals surface area contributed by atoms with Crippen LogP contribution in [-0.4, -0.2) is 33.7 Å². The lowest BCUT2D eigenvalue weighted by atomic mass is 9.97. The van der Waals surface area contributed by atoms with Gasteiger partial charge in [-0.25, -0.2) is 9.18 Å². The van der Waals surface area contributed by atoms with Gasteiger partial charge in [0.25, 0.3) is 5.91 Å². The Kier molecular flexibility index (Phi) is 6.49. The maximum Gasteiger partial charge on any atom is 0.335 e. The number of ketones is 1. The summed E-state index contributed by atoms with van der Waals surface area (Å²) in [5.41, 5.74) is 2.10. The molecule has 3 aromatic rings. The van der Waals surface area contributed by atoms with Gasteiger partial charge in [0.15, 0.2) is 5.78 Å². The number of fused-ring (bicyclic) bond motifs is 1. The second-order valence-corrected chi connectivity index (χ2v) is 8.66. The van der Waals surface area contributed by atoms with Crippen LogP contribution in [0.25, 0.3) is 0 Å². The highest BCUT2D eigenvalue weighted by Crippen LogP contribution is 2.28. The molecule has 1 heterocycles. The van der Waals surface area contributed by atoms with Crippen molar-refractivity contribution in [3.63, 3.8) is 0 Å². The summed E-state index contributed by atoms with van der Waals surface area (Å²) in [4.78, 5) is 39.4. The second-order valence-electron chi connectivity index (χ2n) is 7.85. The summed E-state index contributed by atoms with van der Waals surface area (Å²) in [5, 5.41) is 9.84. The molecule has 0 saturated heterocycles. The molecule has 0 bridgehead atoms. The van der Waals surface area contributed by atoms with Gasteiger partial charge < -0.3 is 10.0 Å². The fraction of sp³-hybridized carbons (Fsp3) is 0.160. The quantitative estimate of drug-likeness (QED) is 0.538. The molecule has 1 aliphatic heterocycles. The highest BCUT2D eigenvalue weighted by atomic mass is 35.5. The number of carbonyl (C=O) groups is 3. The fourth-order valence-corrected chi connectivity index (χ4v) is 4.26. The summed E-state index contributed by atoms with van der Waals surface area (Å²) < 4.78 is 13.8. The molecule has 33 heavy (non-hydrogen) atoms. The van der Waals surface area contributed by atoms with Gasteiger partial charge in [-0.05, 0) is 59.2 Å². The van der Waals surface area contributed by atoms with Crippen LogP contribution in [0.1, 0.15) is 37.4 Å². The predicted molar refractivity (Wildman–Crippen MR) is 122 cm³/mol. The maximum absolute atomic E-state index is 13.8. The summed E-state index contributed by atoms with van der Waals surface area (Å²) in [5.74, 6) is -2.21. The van der Waals surface area contributed by atoms with Crippen molar-refractivity contribution in [1.29, 1.82) is 0 Å². The van der Waals surface area contributed by atoms with Crippen molar-refractivity contribution in [3.8, 4) is 0 Å². The molecule has 0 fully saturated rings. The van der Waals surface area contributed by atoms with Gasteiger partial charge in [0.05, 0.1) is 21.7 Å². The van der Waals surface area contributed by atoms with Gasteiger partial charge >= 0.3 is 5.97 Å². The normalized spacial score (nSPS) is 15.8. The van der Waals surface area contributed by atoms with E-state index in [0.717, 1.165) is 5.56 Å². The molecule has 1 N–H and O–H groups in total. The number of rotatable bonds is 5. The third-order valence-corrected chi connectivity index (χ3v) is 6.38. The van der Waals surface area contributed by atoms with Crippen molar-refractivity contribution in [3.05, 3.63) is 104 Å². The van der Waals surface area contributed by atoms with E-state index in [1.54, 1.807) is 30.3 Å². The Morgan fingerprint density at radius 1 is 0.970 bits per heavy atom. The highest BCUT2D eigenvalue weighted by Gasteiger charge is 2.35. The second kappa shape index (κ2) is 9.33. The summed E-state index contributed by atoms with van der Waals surface area (Å²) in [6.45, 7) is 0.0767. The van der Waals surface area contributed by atoms with Gasteiger partial charge in [0.1, 0.15) is 5.82 Å². The van der Waals surface area contributed by atoms with E-state index in [9.17, 15) is 18.8 Å². The van der Waals surface area contributed by atoms with E-state index in [-0.39, 0.29) is 36.3 Å². The molecule has 1 aliphatic rings. The van der Waals surface area contributed by atoms with Crippen molar-refractivity contribution in [2.75, 3.05) is 0 Å². The number of Topliss-reactive ketones (excluding diaryl/α,β-unsaturated/α-hetero) is 1. The van der Waals surface area contributed by atoms with Gasteiger partial charge in [-0.15, -0.1) is 0 Å². The van der Waals surface area contributed by atoms with E-state index in [0.29, 0.717) is 21.2 Å². The standard InChI is InChI=1S/C25H18Cl2FNO4/c26-20-8-3-15(9-21(20)27)10-22-23(30)12-17-11-18(28)6-7-19(17)24(31)29(22)13-14-1-4-16(5-2-14)25(32)33/h1-9,11,22H,10,12-13H2,(H,32,33)/t22-/m1/s1. The topological polar surface area (TPSA) is 74.7 Å². The van der Waals surface area contributed by atoms with Crippen LogP contribution >= 0.6 is 23.2 Å². The molecule has 5 nitrogen and oxygen atoms in total. The lowest BCUT2D eigenvalue weighted by Crippen LogP contribution is -2.44. The smallest absolute Gasteiger partial charge is 0.335 e. The summed E-state index contributed by atoms with van der Waals surface area (Å²) in [7, 11) is 0. The zero-order valence-electron chi connectivity index (χ0n) is 17.2. The maximum atomic E-state index is 13.8. The van der Waals surface area contributed by atoms with Crippen LogP contribution in [0.5, 0.6) is 0 Å². The van der Waals surface area contributed by atoms with E-state index in [1.807, 2.05) is 0 Å². The minimum Gasteiger partial charge on any atom is -0.478 e. The van der Waals surface area contributed by atoms with Crippen LogP contribution in [0.3, 0.4) is 0 Å². The fourth-order valence-electron chi connectivity index (χ4n) is 3.94. The van der Waals surface area contributed by atoms with Crippen molar-refractivity contribution >= 4 is 40.9 Å². The van der Waals surface area contributed by atoms with Crippen LogP contribution in [0.4, 0.5) is 4.39 Å². The number of aromatic carboxylic acids is 1. The summed E-state index contributed by atoms with van der Waals surface area (Å²) in [6, 6.07) is 14.1.